The third kappa shape index (κ3) is 1.70. The van der Waals surface area contributed by atoms with Crippen molar-refractivity contribution in [2.24, 2.45) is 5.73 Å². The second-order valence-electron chi connectivity index (χ2n) is 3.62. The molecule has 78 valence electrons. The van der Waals surface area contributed by atoms with Gasteiger partial charge in [0.15, 0.2) is 0 Å². The van der Waals surface area contributed by atoms with E-state index in [0.29, 0.717) is 19.1 Å². The van der Waals surface area contributed by atoms with Gasteiger partial charge in [-0.15, -0.1) is 11.3 Å². The van der Waals surface area contributed by atoms with Gasteiger partial charge in [0.05, 0.1) is 18.2 Å². The number of thiophene rings is 1. The predicted molar refractivity (Wildman–Crippen MR) is 60.2 cm³/mol. The molecule has 2 heterocycles. The Morgan fingerprint density at radius 2 is 2.43 bits per heavy atom. The van der Waals surface area contributed by atoms with Crippen molar-refractivity contribution in [3.8, 4) is 0 Å². The summed E-state index contributed by atoms with van der Waals surface area (Å²) in [4.78, 5) is 2.61. The highest BCUT2D eigenvalue weighted by Crippen LogP contribution is 2.39. The Morgan fingerprint density at radius 3 is 3.07 bits per heavy atom. The van der Waals surface area contributed by atoms with E-state index >= 15 is 0 Å². The van der Waals surface area contributed by atoms with E-state index in [1.54, 1.807) is 11.3 Å². The Morgan fingerprint density at radius 1 is 1.64 bits per heavy atom. The van der Waals surface area contributed by atoms with E-state index in [0.717, 1.165) is 18.1 Å². The van der Waals surface area contributed by atoms with Gasteiger partial charge < -0.3 is 10.5 Å². The van der Waals surface area contributed by atoms with Crippen molar-refractivity contribution in [3.63, 3.8) is 0 Å². The number of ether oxygens (including phenoxy) is 1. The summed E-state index contributed by atoms with van der Waals surface area (Å²) in [6, 6.07) is 0. The first-order chi connectivity index (χ1) is 6.74. The lowest BCUT2D eigenvalue weighted by atomic mass is 10.1. The average Bonchev–Trinajstić information content (AvgIpc) is 2.56. The van der Waals surface area contributed by atoms with Gasteiger partial charge in [-0.2, -0.15) is 0 Å². The van der Waals surface area contributed by atoms with E-state index < -0.39 is 0 Å². The van der Waals surface area contributed by atoms with E-state index in [4.69, 9.17) is 22.1 Å². The highest BCUT2D eigenvalue weighted by Gasteiger charge is 2.22. The van der Waals surface area contributed by atoms with Crippen molar-refractivity contribution < 1.29 is 4.74 Å². The molecule has 2 rings (SSSR count). The van der Waals surface area contributed by atoms with Crippen molar-refractivity contribution in [2.45, 2.75) is 25.9 Å². The second-order valence-corrected chi connectivity index (χ2v) is 5.14. The molecule has 1 atom stereocenters. The Labute approximate surface area is 93.0 Å². The lowest BCUT2D eigenvalue weighted by Crippen LogP contribution is -2.08. The summed E-state index contributed by atoms with van der Waals surface area (Å²) in [5, 5.41) is 0.891. The number of nitrogens with two attached hydrogens (primary N) is 1. The fraction of sp³-hybridized carbons (Fsp3) is 0.600. The number of halogens is 1. The molecule has 1 aromatic rings. The Bertz CT molecular complexity index is 337. The SMILES string of the molecule is CC(CN)c1sc2c(c1Cl)COCC2. The highest BCUT2D eigenvalue weighted by molar-refractivity contribution is 7.13. The molecular formula is C10H14ClNOS. The van der Waals surface area contributed by atoms with Gasteiger partial charge in [-0.25, -0.2) is 0 Å². The van der Waals surface area contributed by atoms with Crippen LogP contribution in [0.3, 0.4) is 0 Å². The highest BCUT2D eigenvalue weighted by atomic mass is 35.5. The van der Waals surface area contributed by atoms with Gasteiger partial charge in [0.25, 0.3) is 0 Å². The minimum atomic E-state index is 0.359. The fourth-order valence-corrected chi connectivity index (χ4v) is 3.39. The molecule has 0 saturated carbocycles. The van der Waals surface area contributed by atoms with Crippen LogP contribution in [0.25, 0.3) is 0 Å². The van der Waals surface area contributed by atoms with Crippen LogP contribution in [0.5, 0.6) is 0 Å². The molecule has 0 aliphatic carbocycles. The van der Waals surface area contributed by atoms with Crippen molar-refractivity contribution in [1.29, 1.82) is 0 Å². The molecule has 4 heteroatoms. The molecule has 1 aliphatic heterocycles. The third-order valence-corrected chi connectivity index (χ3v) is 4.64. The summed E-state index contributed by atoms with van der Waals surface area (Å²) in [7, 11) is 0. The van der Waals surface area contributed by atoms with Gasteiger partial charge in [0.2, 0.25) is 0 Å². The maximum Gasteiger partial charge on any atom is 0.0742 e. The van der Waals surface area contributed by atoms with Crippen LogP contribution >= 0.6 is 22.9 Å². The van der Waals surface area contributed by atoms with Crippen LogP contribution in [0.15, 0.2) is 0 Å². The minimum Gasteiger partial charge on any atom is -0.376 e. The van der Waals surface area contributed by atoms with Gasteiger partial charge in [-0.3, -0.25) is 0 Å². The van der Waals surface area contributed by atoms with E-state index in [9.17, 15) is 0 Å². The molecule has 0 bridgehead atoms. The molecule has 0 radical (unpaired) electrons. The Balaban J connectivity index is 2.38. The van der Waals surface area contributed by atoms with Crippen LogP contribution in [0, 0.1) is 0 Å². The first-order valence-electron chi connectivity index (χ1n) is 4.81. The quantitative estimate of drug-likeness (QED) is 0.849. The number of fused-ring (bicyclic) bond motifs is 1. The van der Waals surface area contributed by atoms with Gasteiger partial charge in [-0.05, 0) is 6.54 Å². The topological polar surface area (TPSA) is 35.2 Å². The van der Waals surface area contributed by atoms with Gasteiger partial charge in [0.1, 0.15) is 0 Å². The molecule has 1 aromatic heterocycles. The standard InChI is InChI=1S/C10H14ClNOS/c1-6(4-12)10-9(11)7-5-13-3-2-8(7)14-10/h6H,2-5,12H2,1H3. The van der Waals surface area contributed by atoms with Crippen LogP contribution in [0.4, 0.5) is 0 Å². The summed E-state index contributed by atoms with van der Waals surface area (Å²) < 4.78 is 5.39. The van der Waals surface area contributed by atoms with Crippen LogP contribution in [0.1, 0.15) is 28.2 Å². The number of hydrogen-bond donors (Lipinski definition) is 1. The molecule has 0 spiro atoms. The summed E-state index contributed by atoms with van der Waals surface area (Å²) >= 11 is 8.09. The molecule has 0 saturated heterocycles. The molecule has 1 aliphatic rings. The first-order valence-corrected chi connectivity index (χ1v) is 6.01. The van der Waals surface area contributed by atoms with E-state index in [1.165, 1.54) is 15.3 Å². The summed E-state index contributed by atoms with van der Waals surface area (Å²) in [6.45, 7) is 4.26. The van der Waals surface area contributed by atoms with Gasteiger partial charge in [-0.1, -0.05) is 18.5 Å². The van der Waals surface area contributed by atoms with Crippen LogP contribution in [-0.4, -0.2) is 13.2 Å². The molecular weight excluding hydrogens is 218 g/mol. The van der Waals surface area contributed by atoms with E-state index in [1.807, 2.05) is 0 Å². The number of hydrogen-bond acceptors (Lipinski definition) is 3. The molecule has 2 nitrogen and oxygen atoms in total. The van der Waals surface area contributed by atoms with E-state index in [2.05, 4.69) is 6.92 Å². The van der Waals surface area contributed by atoms with Crippen LogP contribution in [0.2, 0.25) is 5.02 Å². The molecule has 1 unspecified atom stereocenters. The van der Waals surface area contributed by atoms with E-state index in [-0.39, 0.29) is 0 Å². The van der Waals surface area contributed by atoms with Gasteiger partial charge in [0, 0.05) is 27.7 Å². The van der Waals surface area contributed by atoms with Crippen molar-refractivity contribution in [1.82, 2.24) is 0 Å². The zero-order valence-corrected chi connectivity index (χ0v) is 9.75. The average molecular weight is 232 g/mol. The van der Waals surface area contributed by atoms with Crippen molar-refractivity contribution in [2.75, 3.05) is 13.2 Å². The smallest absolute Gasteiger partial charge is 0.0742 e. The summed E-state index contributed by atoms with van der Waals surface area (Å²) in [6.07, 6.45) is 0.997. The fourth-order valence-electron chi connectivity index (χ4n) is 1.62. The minimum absolute atomic E-state index is 0.359. The lowest BCUT2D eigenvalue weighted by Gasteiger charge is -2.11. The number of rotatable bonds is 2. The summed E-state index contributed by atoms with van der Waals surface area (Å²) in [5.74, 6) is 0.359. The monoisotopic (exact) mass is 231 g/mol. The molecule has 0 aromatic carbocycles. The maximum atomic E-state index is 6.29. The summed E-state index contributed by atoms with van der Waals surface area (Å²) in [5.41, 5.74) is 6.84. The lowest BCUT2D eigenvalue weighted by molar-refractivity contribution is 0.112. The van der Waals surface area contributed by atoms with Gasteiger partial charge >= 0.3 is 0 Å². The zero-order chi connectivity index (χ0) is 10.1. The second kappa shape index (κ2) is 4.19. The molecule has 14 heavy (non-hydrogen) atoms. The third-order valence-electron chi connectivity index (χ3n) is 2.57. The van der Waals surface area contributed by atoms with Crippen molar-refractivity contribution >= 4 is 22.9 Å². The maximum absolute atomic E-state index is 6.29. The Hall–Kier alpha value is -0.0900. The normalized spacial score (nSPS) is 17.9. The molecule has 2 N–H and O–H groups in total. The first kappa shape index (κ1) is 10.4. The van der Waals surface area contributed by atoms with Crippen molar-refractivity contribution in [3.05, 3.63) is 20.3 Å². The zero-order valence-electron chi connectivity index (χ0n) is 8.18. The van der Waals surface area contributed by atoms with Crippen LogP contribution < -0.4 is 5.73 Å². The largest absolute Gasteiger partial charge is 0.376 e. The molecule has 0 amide bonds. The van der Waals surface area contributed by atoms with Crippen LogP contribution in [-0.2, 0) is 17.8 Å². The molecule has 0 fully saturated rings. The predicted octanol–water partition coefficient (Wildman–Crippen LogP) is 2.54. The Kier molecular flexibility index (Phi) is 3.12.